The quantitative estimate of drug-likeness (QED) is 0.358. The highest BCUT2D eigenvalue weighted by Gasteiger charge is 2.22. The van der Waals surface area contributed by atoms with Crippen molar-refractivity contribution in [3.05, 3.63) is 70.8 Å². The number of para-hydroxylation sites is 1. The maximum atomic E-state index is 14.7. The SMILES string of the molecule is CC(c1noc(CCCN)n1)c1cccc2c(-c3ccc(CS(C)=O)c(F)c3)c(C=O)[nH]c12. The first-order valence-corrected chi connectivity index (χ1v) is 12.4. The number of nitrogens with one attached hydrogen (secondary N) is 1. The second kappa shape index (κ2) is 9.76. The lowest BCUT2D eigenvalue weighted by Gasteiger charge is -2.09. The molecule has 9 heteroatoms. The lowest BCUT2D eigenvalue weighted by Crippen LogP contribution is -2.02. The molecule has 172 valence electrons. The number of carbonyl (C=O) groups is 1. The Hall–Kier alpha value is -3.17. The van der Waals surface area contributed by atoms with Gasteiger partial charge >= 0.3 is 0 Å². The van der Waals surface area contributed by atoms with Crippen LogP contribution in [0.1, 0.15) is 52.6 Å². The summed E-state index contributed by atoms with van der Waals surface area (Å²) in [4.78, 5) is 19.6. The van der Waals surface area contributed by atoms with Crippen LogP contribution in [0.4, 0.5) is 4.39 Å². The highest BCUT2D eigenvalue weighted by Crippen LogP contribution is 2.37. The summed E-state index contributed by atoms with van der Waals surface area (Å²) in [6.07, 6.45) is 3.65. The summed E-state index contributed by atoms with van der Waals surface area (Å²) < 4.78 is 31.5. The summed E-state index contributed by atoms with van der Waals surface area (Å²) in [5.41, 5.74) is 9.13. The van der Waals surface area contributed by atoms with Crippen LogP contribution in [0.15, 0.2) is 40.9 Å². The second-order valence-corrected chi connectivity index (χ2v) is 9.42. The minimum absolute atomic E-state index is 0.139. The Morgan fingerprint density at radius 3 is 2.82 bits per heavy atom. The molecule has 0 bridgehead atoms. The van der Waals surface area contributed by atoms with E-state index in [-0.39, 0.29) is 11.7 Å². The largest absolute Gasteiger partial charge is 0.352 e. The van der Waals surface area contributed by atoms with Gasteiger partial charge in [0.25, 0.3) is 0 Å². The molecule has 0 spiro atoms. The van der Waals surface area contributed by atoms with E-state index in [0.717, 1.165) is 29.2 Å². The summed E-state index contributed by atoms with van der Waals surface area (Å²) in [6, 6.07) is 10.5. The monoisotopic (exact) mass is 468 g/mol. The van der Waals surface area contributed by atoms with Crippen molar-refractivity contribution in [2.24, 2.45) is 5.73 Å². The van der Waals surface area contributed by atoms with Crippen LogP contribution in [0.3, 0.4) is 0 Å². The second-order valence-electron chi connectivity index (χ2n) is 7.99. The normalized spacial score (nSPS) is 13.3. The molecule has 0 saturated heterocycles. The van der Waals surface area contributed by atoms with E-state index in [4.69, 9.17) is 10.3 Å². The van der Waals surface area contributed by atoms with Gasteiger partial charge in [0.05, 0.1) is 17.0 Å². The first kappa shape index (κ1) is 23.0. The summed E-state index contributed by atoms with van der Waals surface area (Å²) in [5.74, 6) is 0.573. The van der Waals surface area contributed by atoms with E-state index in [0.29, 0.717) is 47.1 Å². The fourth-order valence-electron chi connectivity index (χ4n) is 4.00. The lowest BCUT2D eigenvalue weighted by molar-refractivity contribution is 0.112. The third kappa shape index (κ3) is 4.65. The van der Waals surface area contributed by atoms with Gasteiger partial charge in [0.1, 0.15) is 5.82 Å². The number of halogens is 1. The Morgan fingerprint density at radius 1 is 1.30 bits per heavy atom. The molecule has 3 N–H and O–H groups in total. The number of H-pyrrole nitrogens is 1. The number of hydrogen-bond donors (Lipinski definition) is 2. The number of aryl methyl sites for hydroxylation is 1. The average Bonchev–Trinajstić information content (AvgIpc) is 3.42. The standard InChI is InChI=1S/C24H25FN4O3S/c1-14(24-28-21(32-29-24)7-4-10-26)17-5-3-6-18-22(20(12-30)27-23(17)18)15-8-9-16(13-33(2)31)19(25)11-15/h3,5-6,8-9,11-12,14,27H,4,7,10,13,26H2,1-2H3. The van der Waals surface area contributed by atoms with Gasteiger partial charge in [-0.3, -0.25) is 9.00 Å². The summed E-state index contributed by atoms with van der Waals surface area (Å²) in [5, 5.41) is 4.91. The predicted molar refractivity (Wildman–Crippen MR) is 126 cm³/mol. The van der Waals surface area contributed by atoms with Crippen molar-refractivity contribution in [2.75, 3.05) is 12.8 Å². The van der Waals surface area contributed by atoms with E-state index < -0.39 is 16.6 Å². The van der Waals surface area contributed by atoms with Crippen LogP contribution < -0.4 is 5.73 Å². The number of rotatable bonds is 9. The Kier molecular flexibility index (Phi) is 6.80. The first-order valence-electron chi connectivity index (χ1n) is 10.6. The number of nitrogens with zero attached hydrogens (tertiary/aromatic N) is 2. The maximum Gasteiger partial charge on any atom is 0.226 e. The Labute approximate surface area is 193 Å². The van der Waals surface area contributed by atoms with E-state index in [9.17, 15) is 13.4 Å². The molecule has 0 saturated carbocycles. The van der Waals surface area contributed by atoms with Gasteiger partial charge in [-0.15, -0.1) is 0 Å². The van der Waals surface area contributed by atoms with Gasteiger partial charge in [-0.25, -0.2) is 4.39 Å². The number of fused-ring (bicyclic) bond motifs is 1. The molecule has 2 aromatic heterocycles. The topological polar surface area (TPSA) is 115 Å². The van der Waals surface area contributed by atoms with Crippen molar-refractivity contribution in [1.29, 1.82) is 0 Å². The zero-order valence-electron chi connectivity index (χ0n) is 18.4. The van der Waals surface area contributed by atoms with Crippen molar-refractivity contribution < 1.29 is 17.9 Å². The van der Waals surface area contributed by atoms with Crippen LogP contribution in [0.5, 0.6) is 0 Å². The number of carbonyl (C=O) groups excluding carboxylic acids is 1. The number of aldehydes is 1. The molecular weight excluding hydrogens is 443 g/mol. The molecule has 4 rings (SSSR count). The molecule has 0 amide bonds. The van der Waals surface area contributed by atoms with Crippen LogP contribution in [0, 0.1) is 5.82 Å². The van der Waals surface area contributed by atoms with E-state index in [1.807, 2.05) is 25.1 Å². The van der Waals surface area contributed by atoms with E-state index in [1.54, 1.807) is 12.1 Å². The van der Waals surface area contributed by atoms with Gasteiger partial charge in [0.2, 0.25) is 5.89 Å². The average molecular weight is 469 g/mol. The van der Waals surface area contributed by atoms with Crippen molar-refractivity contribution in [3.63, 3.8) is 0 Å². The summed E-state index contributed by atoms with van der Waals surface area (Å²) in [6.45, 7) is 2.51. The molecule has 2 aromatic carbocycles. The fraction of sp³-hybridized carbons (Fsp3) is 0.292. The molecule has 2 unspecified atom stereocenters. The Balaban J connectivity index is 1.77. The highest BCUT2D eigenvalue weighted by atomic mass is 32.2. The first-order chi connectivity index (χ1) is 15.9. The van der Waals surface area contributed by atoms with Crippen molar-refractivity contribution in [3.8, 4) is 11.1 Å². The van der Waals surface area contributed by atoms with E-state index in [1.165, 1.54) is 12.3 Å². The summed E-state index contributed by atoms with van der Waals surface area (Å²) in [7, 11) is -1.15. The zero-order valence-corrected chi connectivity index (χ0v) is 19.2. The van der Waals surface area contributed by atoms with Gasteiger partial charge in [-0.1, -0.05) is 42.4 Å². The maximum absolute atomic E-state index is 14.7. The molecule has 2 heterocycles. The van der Waals surface area contributed by atoms with Gasteiger partial charge in [-0.2, -0.15) is 4.98 Å². The predicted octanol–water partition coefficient (Wildman–Crippen LogP) is 4.09. The number of hydrogen-bond acceptors (Lipinski definition) is 6. The van der Waals surface area contributed by atoms with Gasteiger partial charge in [-0.05, 0) is 30.2 Å². The van der Waals surface area contributed by atoms with Crippen LogP contribution in [-0.2, 0) is 23.0 Å². The Morgan fingerprint density at radius 2 is 2.12 bits per heavy atom. The molecule has 0 aliphatic heterocycles. The van der Waals surface area contributed by atoms with Crippen molar-refractivity contribution in [1.82, 2.24) is 15.1 Å². The van der Waals surface area contributed by atoms with E-state index in [2.05, 4.69) is 15.1 Å². The molecule has 0 radical (unpaired) electrons. The number of benzene rings is 2. The fourth-order valence-corrected chi connectivity index (χ4v) is 4.67. The Bertz CT molecular complexity index is 1330. The molecule has 7 nitrogen and oxygen atoms in total. The third-order valence-corrected chi connectivity index (χ3v) is 6.36. The molecule has 0 fully saturated rings. The number of nitrogens with two attached hydrogens (primary N) is 1. The molecular formula is C24H25FN4O3S. The molecule has 0 aliphatic rings. The smallest absolute Gasteiger partial charge is 0.226 e. The summed E-state index contributed by atoms with van der Waals surface area (Å²) >= 11 is 0. The molecule has 2 atom stereocenters. The lowest BCUT2D eigenvalue weighted by atomic mass is 9.95. The number of aromatic nitrogens is 3. The highest BCUT2D eigenvalue weighted by molar-refractivity contribution is 7.83. The molecule has 33 heavy (non-hydrogen) atoms. The van der Waals surface area contributed by atoms with Crippen molar-refractivity contribution in [2.45, 2.75) is 31.4 Å². The van der Waals surface area contributed by atoms with Crippen LogP contribution in [0.25, 0.3) is 22.0 Å². The number of aromatic amines is 1. The van der Waals surface area contributed by atoms with Crippen LogP contribution in [0.2, 0.25) is 0 Å². The minimum Gasteiger partial charge on any atom is -0.352 e. The molecule has 0 aliphatic carbocycles. The van der Waals surface area contributed by atoms with Gasteiger partial charge in [0.15, 0.2) is 12.1 Å². The van der Waals surface area contributed by atoms with Crippen LogP contribution in [-0.4, -0.2) is 38.4 Å². The van der Waals surface area contributed by atoms with Crippen LogP contribution >= 0.6 is 0 Å². The minimum atomic E-state index is -1.15. The molecule has 4 aromatic rings. The van der Waals surface area contributed by atoms with Gasteiger partial charge < -0.3 is 15.2 Å². The third-order valence-electron chi connectivity index (χ3n) is 5.65. The van der Waals surface area contributed by atoms with Gasteiger partial charge in [0, 0.05) is 45.9 Å². The van der Waals surface area contributed by atoms with E-state index >= 15 is 0 Å². The zero-order chi connectivity index (χ0) is 23.5. The van der Waals surface area contributed by atoms with Crippen molar-refractivity contribution >= 4 is 28.0 Å².